The van der Waals surface area contributed by atoms with E-state index in [1.54, 1.807) is 0 Å². The second-order valence-electron chi connectivity index (χ2n) is 8.36. The summed E-state index contributed by atoms with van der Waals surface area (Å²) in [6, 6.07) is 10.4. The molecule has 6 heteroatoms. The third-order valence-electron chi connectivity index (χ3n) is 4.00. The molecule has 0 fully saturated rings. The highest BCUT2D eigenvalue weighted by molar-refractivity contribution is 7.37. The highest BCUT2D eigenvalue weighted by Gasteiger charge is 2.38. The van der Waals surface area contributed by atoms with E-state index in [-0.39, 0.29) is 0 Å². The van der Waals surface area contributed by atoms with E-state index < -0.39 is 23.7 Å². The zero-order valence-electron chi connectivity index (χ0n) is 16.0. The van der Waals surface area contributed by atoms with Gasteiger partial charge in [-0.2, -0.15) is 0 Å². The largest absolute Gasteiger partial charge is 0.552 e. The number of benzene rings is 1. The fourth-order valence-corrected chi connectivity index (χ4v) is 8.10. The van der Waals surface area contributed by atoms with Gasteiger partial charge in [-0.15, -0.1) is 0 Å². The third-order valence-corrected chi connectivity index (χ3v) is 22.0. The van der Waals surface area contributed by atoms with Gasteiger partial charge in [-0.1, -0.05) is 50.0 Å². The normalized spacial score (nSPS) is 14.0. The van der Waals surface area contributed by atoms with Crippen molar-refractivity contribution < 1.29 is 8.85 Å². The lowest BCUT2D eigenvalue weighted by Gasteiger charge is -2.34. The van der Waals surface area contributed by atoms with Crippen LogP contribution in [0.5, 0.6) is 0 Å². The van der Waals surface area contributed by atoms with Gasteiger partial charge >= 0.3 is 0 Å². The SMILES string of the molecule is C[Si](C)(C)OC(=Cc1ccccc1)[Si]CO[Si](C)(C)[Si](C)(C)C. The Kier molecular flexibility index (Phi) is 7.28. The van der Waals surface area contributed by atoms with Crippen molar-refractivity contribution in [2.45, 2.75) is 52.4 Å². The Labute approximate surface area is 148 Å². The molecule has 1 aromatic carbocycles. The quantitative estimate of drug-likeness (QED) is 0.459. The number of rotatable bonds is 8. The highest BCUT2D eigenvalue weighted by atomic mass is 29.3. The Hall–Kier alpha value is -0.412. The molecule has 0 saturated carbocycles. The summed E-state index contributed by atoms with van der Waals surface area (Å²) in [6.45, 7) is 18.7. The minimum atomic E-state index is -1.60. The molecule has 0 amide bonds. The molecule has 1 rings (SSSR count). The van der Waals surface area contributed by atoms with Crippen molar-refractivity contribution in [3.63, 3.8) is 0 Å². The van der Waals surface area contributed by atoms with Crippen molar-refractivity contribution in [2.75, 3.05) is 6.23 Å². The Morgan fingerprint density at radius 1 is 0.957 bits per heavy atom. The Morgan fingerprint density at radius 2 is 1.52 bits per heavy atom. The molecule has 0 saturated heterocycles. The van der Waals surface area contributed by atoms with Gasteiger partial charge < -0.3 is 8.85 Å². The predicted molar refractivity (Wildman–Crippen MR) is 111 cm³/mol. The first-order chi connectivity index (χ1) is 10.4. The average molecular weight is 381 g/mol. The molecule has 0 aliphatic heterocycles. The van der Waals surface area contributed by atoms with Gasteiger partial charge in [0.15, 0.2) is 17.4 Å². The summed E-state index contributed by atoms with van der Waals surface area (Å²) in [4.78, 5) is 0. The van der Waals surface area contributed by atoms with Gasteiger partial charge in [-0.3, -0.25) is 0 Å². The molecule has 2 nitrogen and oxygen atoms in total. The van der Waals surface area contributed by atoms with Crippen LogP contribution in [0.1, 0.15) is 5.56 Å². The molecule has 0 bridgehead atoms. The van der Waals surface area contributed by atoms with Crippen LogP contribution in [0, 0.1) is 0 Å². The molecule has 0 atom stereocenters. The van der Waals surface area contributed by atoms with E-state index in [0.29, 0.717) is 9.52 Å². The zero-order valence-corrected chi connectivity index (χ0v) is 20.0. The van der Waals surface area contributed by atoms with Crippen LogP contribution in [0.4, 0.5) is 0 Å². The maximum atomic E-state index is 6.38. The van der Waals surface area contributed by atoms with E-state index in [1.807, 2.05) is 6.07 Å². The second-order valence-corrected chi connectivity index (χ2v) is 29.8. The summed E-state index contributed by atoms with van der Waals surface area (Å²) in [7, 11) is -3.78. The van der Waals surface area contributed by atoms with Crippen molar-refractivity contribution in [3.8, 4) is 0 Å². The zero-order chi connectivity index (χ0) is 17.7. The molecule has 0 aliphatic carbocycles. The molecule has 0 spiro atoms. The highest BCUT2D eigenvalue weighted by Crippen LogP contribution is 2.20. The first-order valence-electron chi connectivity index (χ1n) is 8.24. The molecule has 0 aliphatic rings. The lowest BCUT2D eigenvalue weighted by atomic mass is 10.2. The van der Waals surface area contributed by atoms with E-state index in [1.165, 1.54) is 5.56 Å². The molecule has 23 heavy (non-hydrogen) atoms. The first-order valence-corrected chi connectivity index (χ1v) is 20.3. The molecule has 128 valence electrons. The number of hydrogen-bond acceptors (Lipinski definition) is 2. The van der Waals surface area contributed by atoms with Crippen molar-refractivity contribution in [1.82, 2.24) is 0 Å². The van der Waals surface area contributed by atoms with Gasteiger partial charge in [-0.25, -0.2) is 0 Å². The molecule has 0 unspecified atom stereocenters. The van der Waals surface area contributed by atoms with Crippen LogP contribution in [0.2, 0.25) is 52.4 Å². The lowest BCUT2D eigenvalue weighted by Crippen LogP contribution is -2.55. The molecule has 0 heterocycles. The van der Waals surface area contributed by atoms with Crippen LogP contribution < -0.4 is 0 Å². The van der Waals surface area contributed by atoms with Gasteiger partial charge in [-0.05, 0) is 44.4 Å². The van der Waals surface area contributed by atoms with Crippen molar-refractivity contribution in [3.05, 3.63) is 41.3 Å². The van der Waals surface area contributed by atoms with Crippen molar-refractivity contribution >= 4 is 39.3 Å². The smallest absolute Gasteiger partial charge is 0.241 e. The van der Waals surface area contributed by atoms with Gasteiger partial charge in [0.05, 0.1) is 13.0 Å². The van der Waals surface area contributed by atoms with Crippen LogP contribution in [0.15, 0.2) is 35.7 Å². The summed E-state index contributed by atoms with van der Waals surface area (Å²) in [5, 5.41) is 1.09. The van der Waals surface area contributed by atoms with E-state index in [9.17, 15) is 0 Å². The van der Waals surface area contributed by atoms with Gasteiger partial charge in [0.2, 0.25) is 8.32 Å². The molecule has 1 aromatic rings. The monoisotopic (exact) mass is 380 g/mol. The Morgan fingerprint density at radius 3 is 2.00 bits per heavy atom. The summed E-state index contributed by atoms with van der Waals surface area (Å²) in [5.41, 5.74) is 1.20. The predicted octanol–water partition coefficient (Wildman–Crippen LogP) is 5.14. The summed E-state index contributed by atoms with van der Waals surface area (Å²) in [5.74, 6) is 0. The van der Waals surface area contributed by atoms with Gasteiger partial charge in [0.1, 0.15) is 0 Å². The minimum Gasteiger partial charge on any atom is -0.552 e. The van der Waals surface area contributed by atoms with Crippen molar-refractivity contribution in [1.29, 1.82) is 0 Å². The van der Waals surface area contributed by atoms with E-state index in [2.05, 4.69) is 82.7 Å². The van der Waals surface area contributed by atoms with E-state index in [0.717, 1.165) is 11.6 Å². The maximum Gasteiger partial charge on any atom is 0.241 e. The Bertz CT molecular complexity index is 514. The first kappa shape index (κ1) is 20.6. The summed E-state index contributed by atoms with van der Waals surface area (Å²) < 4.78 is 12.7. The second kappa shape index (κ2) is 8.11. The number of hydrogen-bond donors (Lipinski definition) is 0. The van der Waals surface area contributed by atoms with Gasteiger partial charge in [0, 0.05) is 6.23 Å². The van der Waals surface area contributed by atoms with Crippen LogP contribution in [0.25, 0.3) is 6.08 Å². The van der Waals surface area contributed by atoms with E-state index >= 15 is 0 Å². The third kappa shape index (κ3) is 7.80. The average Bonchev–Trinajstić information content (AvgIpc) is 2.36. The minimum absolute atomic E-state index is 0.583. The lowest BCUT2D eigenvalue weighted by molar-refractivity contribution is 0.382. The van der Waals surface area contributed by atoms with Crippen LogP contribution >= 0.6 is 0 Å². The molecular formula is C17H32O2Si4. The maximum absolute atomic E-state index is 6.38. The summed E-state index contributed by atoms with van der Waals surface area (Å²) in [6.07, 6.45) is 2.98. The van der Waals surface area contributed by atoms with Crippen molar-refractivity contribution in [2.24, 2.45) is 0 Å². The summed E-state index contributed by atoms with van der Waals surface area (Å²) >= 11 is 0. The van der Waals surface area contributed by atoms with Gasteiger partial charge in [0.25, 0.3) is 0 Å². The topological polar surface area (TPSA) is 18.5 Å². The molecule has 0 aromatic heterocycles. The fourth-order valence-electron chi connectivity index (χ4n) is 1.65. The molecular weight excluding hydrogens is 349 g/mol. The van der Waals surface area contributed by atoms with E-state index in [4.69, 9.17) is 8.85 Å². The molecule has 0 N–H and O–H groups in total. The van der Waals surface area contributed by atoms with Crippen LogP contribution in [0.3, 0.4) is 0 Å². The van der Waals surface area contributed by atoms with Crippen LogP contribution in [-0.4, -0.2) is 39.5 Å². The van der Waals surface area contributed by atoms with Crippen LogP contribution in [-0.2, 0) is 8.85 Å². The standard InChI is InChI=1S/C17H32O2Si4/c1-21(2,3)19-17(14-16-12-10-9-11-13-16)20-15-18-23(7,8)22(4,5)6/h9-14H,15H2,1-8H3. The molecule has 2 radical (unpaired) electrons. The fraction of sp³-hybridized carbons (Fsp3) is 0.529. The Balaban J connectivity index is 2.77.